The number of benzene rings is 1. The molecule has 0 saturated carbocycles. The van der Waals surface area contributed by atoms with Gasteiger partial charge in [-0.05, 0) is 18.9 Å². The van der Waals surface area contributed by atoms with Crippen molar-refractivity contribution in [3.05, 3.63) is 48.0 Å². The fourth-order valence-corrected chi connectivity index (χ4v) is 2.09. The number of alkyl carbamates (subject to hydrolysis) is 1. The Labute approximate surface area is 152 Å². The molecule has 1 aromatic rings. The minimum Gasteiger partial charge on any atom is -0.445 e. The summed E-state index contributed by atoms with van der Waals surface area (Å²) in [4.78, 5) is 34.7. The van der Waals surface area contributed by atoms with Crippen LogP contribution < -0.4 is 16.4 Å². The van der Waals surface area contributed by atoms with Gasteiger partial charge in [0.25, 0.3) is 0 Å². The van der Waals surface area contributed by atoms with E-state index in [4.69, 9.17) is 10.5 Å². The summed E-state index contributed by atoms with van der Waals surface area (Å²) < 4.78 is 4.99. The van der Waals surface area contributed by atoms with E-state index in [2.05, 4.69) is 17.2 Å². The first-order valence-corrected chi connectivity index (χ1v) is 8.13. The smallest absolute Gasteiger partial charge is 0.407 e. The Kier molecular flexibility index (Phi) is 8.86. The van der Waals surface area contributed by atoms with Gasteiger partial charge in [0.1, 0.15) is 12.6 Å². The number of aliphatic hydroxyl groups is 1. The van der Waals surface area contributed by atoms with E-state index in [9.17, 15) is 19.5 Å². The highest BCUT2D eigenvalue weighted by atomic mass is 16.5. The molecule has 0 unspecified atom stereocenters. The number of ether oxygens (including phenoxy) is 1. The van der Waals surface area contributed by atoms with Crippen LogP contribution in [0.25, 0.3) is 0 Å². The lowest BCUT2D eigenvalue weighted by atomic mass is 10.1. The highest BCUT2D eigenvalue weighted by Crippen LogP contribution is 2.03. The number of rotatable bonds is 10. The molecule has 1 rings (SSSR count). The first-order valence-electron chi connectivity index (χ1n) is 8.13. The first kappa shape index (κ1) is 21.2. The van der Waals surface area contributed by atoms with Crippen molar-refractivity contribution < 1.29 is 24.2 Å². The van der Waals surface area contributed by atoms with Crippen molar-refractivity contribution in [2.75, 3.05) is 6.54 Å². The van der Waals surface area contributed by atoms with Gasteiger partial charge in [-0.2, -0.15) is 0 Å². The van der Waals surface area contributed by atoms with Gasteiger partial charge in [-0.25, -0.2) is 4.79 Å². The van der Waals surface area contributed by atoms with Crippen molar-refractivity contribution in [3.63, 3.8) is 0 Å². The monoisotopic (exact) mass is 363 g/mol. The minimum absolute atomic E-state index is 0.102. The topological polar surface area (TPSA) is 131 Å². The second-order valence-electron chi connectivity index (χ2n) is 5.98. The lowest BCUT2D eigenvalue weighted by Gasteiger charge is -2.17. The second kappa shape index (κ2) is 10.9. The van der Waals surface area contributed by atoms with Crippen LogP contribution in [0.4, 0.5) is 4.79 Å². The van der Waals surface area contributed by atoms with Gasteiger partial charge >= 0.3 is 6.09 Å². The van der Waals surface area contributed by atoms with E-state index >= 15 is 0 Å². The maximum absolute atomic E-state index is 11.9. The van der Waals surface area contributed by atoms with Crippen LogP contribution in [0.5, 0.6) is 0 Å². The molecule has 0 spiro atoms. The molecule has 5 N–H and O–H groups in total. The number of primary amides is 1. The van der Waals surface area contributed by atoms with Crippen molar-refractivity contribution in [2.45, 2.75) is 38.5 Å². The third kappa shape index (κ3) is 8.84. The van der Waals surface area contributed by atoms with Gasteiger partial charge in [-0.3, -0.25) is 9.59 Å². The number of hydrogen-bond acceptors (Lipinski definition) is 5. The molecular formula is C18H25N3O5. The number of hydrogen-bond donors (Lipinski definition) is 4. The molecule has 0 bridgehead atoms. The summed E-state index contributed by atoms with van der Waals surface area (Å²) in [5, 5.41) is 14.6. The maximum atomic E-state index is 11.9. The zero-order valence-electron chi connectivity index (χ0n) is 14.7. The molecule has 8 heteroatoms. The standard InChI is InChI=1S/C18H25N3O5/c1-12(2)8-15(17(19)24)21-16(23)9-14(22)10-20-18(25)26-11-13-6-4-3-5-7-13/h3-7,14-15,22H,1,8-11H2,2H3,(H2,19,24)(H,20,25)(H,21,23)/t14-,15+/m1/s1. The zero-order chi connectivity index (χ0) is 19.5. The molecule has 3 amide bonds. The Hall–Kier alpha value is -2.87. The zero-order valence-corrected chi connectivity index (χ0v) is 14.7. The van der Waals surface area contributed by atoms with Crippen molar-refractivity contribution in [1.82, 2.24) is 10.6 Å². The lowest BCUT2D eigenvalue weighted by Crippen LogP contribution is -2.46. The Balaban J connectivity index is 2.30. The van der Waals surface area contributed by atoms with E-state index in [-0.39, 0.29) is 26.0 Å². The van der Waals surface area contributed by atoms with Crippen LogP contribution in [0.15, 0.2) is 42.5 Å². The molecule has 0 aliphatic rings. The number of carbonyl (C=O) groups is 3. The molecule has 0 aliphatic carbocycles. The van der Waals surface area contributed by atoms with Gasteiger partial charge in [0, 0.05) is 6.54 Å². The summed E-state index contributed by atoms with van der Waals surface area (Å²) in [5.41, 5.74) is 6.74. The third-order valence-electron chi connectivity index (χ3n) is 3.35. The predicted molar refractivity (Wildman–Crippen MR) is 95.8 cm³/mol. The van der Waals surface area contributed by atoms with Crippen LogP contribution in [0.2, 0.25) is 0 Å². The number of aliphatic hydroxyl groups excluding tert-OH is 1. The van der Waals surface area contributed by atoms with Crippen LogP contribution in [0.1, 0.15) is 25.3 Å². The molecule has 0 aromatic heterocycles. The van der Waals surface area contributed by atoms with E-state index in [1.807, 2.05) is 30.3 Å². The van der Waals surface area contributed by atoms with E-state index in [1.54, 1.807) is 6.92 Å². The average molecular weight is 363 g/mol. The Bertz CT molecular complexity index is 633. The molecule has 0 heterocycles. The van der Waals surface area contributed by atoms with Gasteiger partial charge in [0.2, 0.25) is 11.8 Å². The quantitative estimate of drug-likeness (QED) is 0.452. The fraction of sp³-hybridized carbons (Fsp3) is 0.389. The normalized spacial score (nSPS) is 12.5. The molecule has 26 heavy (non-hydrogen) atoms. The van der Waals surface area contributed by atoms with Gasteiger partial charge in [-0.1, -0.05) is 35.9 Å². The van der Waals surface area contributed by atoms with E-state index in [1.165, 1.54) is 0 Å². The van der Waals surface area contributed by atoms with Crippen LogP contribution in [-0.4, -0.2) is 41.7 Å². The lowest BCUT2D eigenvalue weighted by molar-refractivity contribution is -0.128. The highest BCUT2D eigenvalue weighted by molar-refractivity contribution is 5.87. The summed E-state index contributed by atoms with van der Waals surface area (Å²) in [6.45, 7) is 5.31. The number of carbonyl (C=O) groups excluding carboxylic acids is 3. The Morgan fingerprint density at radius 1 is 1.23 bits per heavy atom. The molecule has 0 fully saturated rings. The van der Waals surface area contributed by atoms with Crippen molar-refractivity contribution >= 4 is 17.9 Å². The van der Waals surface area contributed by atoms with Crippen LogP contribution in [0.3, 0.4) is 0 Å². The summed E-state index contributed by atoms with van der Waals surface area (Å²) in [6, 6.07) is 8.25. The molecular weight excluding hydrogens is 338 g/mol. The van der Waals surface area contributed by atoms with Gasteiger partial charge < -0.3 is 26.2 Å². The molecule has 2 atom stereocenters. The van der Waals surface area contributed by atoms with Crippen molar-refractivity contribution in [1.29, 1.82) is 0 Å². The Morgan fingerprint density at radius 3 is 2.46 bits per heavy atom. The van der Waals surface area contributed by atoms with Gasteiger partial charge in [0.15, 0.2) is 0 Å². The summed E-state index contributed by atoms with van der Waals surface area (Å²) in [5.74, 6) is -1.24. The molecule has 0 aliphatic heterocycles. The largest absolute Gasteiger partial charge is 0.445 e. The SMILES string of the molecule is C=C(C)C[C@H](NC(=O)C[C@@H](O)CNC(=O)OCc1ccccc1)C(N)=O. The third-order valence-corrected chi connectivity index (χ3v) is 3.35. The van der Waals surface area contributed by atoms with E-state index in [0.717, 1.165) is 5.56 Å². The first-order chi connectivity index (χ1) is 12.3. The van der Waals surface area contributed by atoms with E-state index < -0.39 is 30.1 Å². The number of amides is 3. The summed E-state index contributed by atoms with van der Waals surface area (Å²) in [6.07, 6.45) is -1.90. The van der Waals surface area contributed by atoms with Crippen LogP contribution in [0, 0.1) is 0 Å². The van der Waals surface area contributed by atoms with Gasteiger partial charge in [-0.15, -0.1) is 6.58 Å². The average Bonchev–Trinajstić information content (AvgIpc) is 2.58. The second-order valence-corrected chi connectivity index (χ2v) is 5.98. The number of nitrogens with two attached hydrogens (primary N) is 1. The fourth-order valence-electron chi connectivity index (χ4n) is 2.09. The van der Waals surface area contributed by atoms with Crippen LogP contribution >= 0.6 is 0 Å². The summed E-state index contributed by atoms with van der Waals surface area (Å²) >= 11 is 0. The molecule has 1 aromatic carbocycles. The molecule has 0 radical (unpaired) electrons. The van der Waals surface area contributed by atoms with Gasteiger partial charge in [0.05, 0.1) is 12.5 Å². The molecule has 0 saturated heterocycles. The van der Waals surface area contributed by atoms with E-state index in [0.29, 0.717) is 5.57 Å². The summed E-state index contributed by atoms with van der Waals surface area (Å²) in [7, 11) is 0. The highest BCUT2D eigenvalue weighted by Gasteiger charge is 2.20. The minimum atomic E-state index is -1.13. The number of nitrogens with one attached hydrogen (secondary N) is 2. The molecule has 8 nitrogen and oxygen atoms in total. The molecule has 142 valence electrons. The van der Waals surface area contributed by atoms with Crippen molar-refractivity contribution in [2.24, 2.45) is 5.73 Å². The van der Waals surface area contributed by atoms with Crippen LogP contribution in [-0.2, 0) is 20.9 Å². The predicted octanol–water partition coefficient (Wildman–Crippen LogP) is 0.600. The maximum Gasteiger partial charge on any atom is 0.407 e. The van der Waals surface area contributed by atoms with Crippen molar-refractivity contribution in [3.8, 4) is 0 Å². The Morgan fingerprint density at radius 2 is 1.88 bits per heavy atom.